The van der Waals surface area contributed by atoms with Crippen molar-refractivity contribution in [3.05, 3.63) is 68.2 Å². The Labute approximate surface area is 136 Å². The Morgan fingerprint density at radius 2 is 1.96 bits per heavy atom. The molecule has 0 heterocycles. The first-order valence-corrected chi connectivity index (χ1v) is 6.83. The van der Waals surface area contributed by atoms with Crippen molar-refractivity contribution in [2.75, 3.05) is 5.32 Å². The number of carbonyl (C=O) groups excluding carboxylic acids is 2. The quantitative estimate of drug-likeness (QED) is 0.661. The molecule has 2 aromatic rings. The molecule has 0 aromatic heterocycles. The Morgan fingerprint density at radius 1 is 1.26 bits per heavy atom. The zero-order valence-corrected chi connectivity index (χ0v) is 12.8. The van der Waals surface area contributed by atoms with Crippen molar-refractivity contribution in [3.63, 3.8) is 0 Å². The van der Waals surface area contributed by atoms with Crippen LogP contribution < -0.4 is 11.1 Å². The Hall–Kier alpha value is -2.93. The van der Waals surface area contributed by atoms with Gasteiger partial charge in [0.1, 0.15) is 5.02 Å². The molecule has 23 heavy (non-hydrogen) atoms. The van der Waals surface area contributed by atoms with Gasteiger partial charge in [-0.2, -0.15) is 0 Å². The predicted octanol–water partition coefficient (Wildman–Crippen LogP) is 2.91. The number of hydrogen-bond donors (Lipinski definition) is 2. The van der Waals surface area contributed by atoms with Gasteiger partial charge in [-0.25, -0.2) is 0 Å². The lowest BCUT2D eigenvalue weighted by Gasteiger charge is -2.11. The monoisotopic (exact) mass is 333 g/mol. The first-order valence-electron chi connectivity index (χ1n) is 6.46. The lowest BCUT2D eigenvalue weighted by Crippen LogP contribution is -2.17. The summed E-state index contributed by atoms with van der Waals surface area (Å²) in [7, 11) is 0. The van der Waals surface area contributed by atoms with Crippen molar-refractivity contribution >= 4 is 34.8 Å². The molecule has 118 valence electrons. The first-order chi connectivity index (χ1) is 10.8. The lowest BCUT2D eigenvalue weighted by atomic mass is 10.1. The molecular weight excluding hydrogens is 322 g/mol. The summed E-state index contributed by atoms with van der Waals surface area (Å²) in [6.45, 7) is 1.64. The molecule has 8 heteroatoms. The Morgan fingerprint density at radius 3 is 2.57 bits per heavy atom. The summed E-state index contributed by atoms with van der Waals surface area (Å²) in [5.41, 5.74) is 6.15. The molecule has 2 aromatic carbocycles. The van der Waals surface area contributed by atoms with Gasteiger partial charge in [-0.3, -0.25) is 19.7 Å². The molecule has 0 saturated carbocycles. The van der Waals surface area contributed by atoms with Gasteiger partial charge in [-0.05, 0) is 36.8 Å². The van der Waals surface area contributed by atoms with Crippen LogP contribution in [0.15, 0.2) is 36.4 Å². The highest BCUT2D eigenvalue weighted by molar-refractivity contribution is 6.32. The number of nitro groups is 1. The average molecular weight is 334 g/mol. The van der Waals surface area contributed by atoms with E-state index in [0.29, 0.717) is 11.3 Å². The summed E-state index contributed by atoms with van der Waals surface area (Å²) in [5, 5.41) is 13.4. The average Bonchev–Trinajstić information content (AvgIpc) is 2.49. The van der Waals surface area contributed by atoms with Crippen molar-refractivity contribution in [1.82, 2.24) is 0 Å². The number of amides is 2. The van der Waals surface area contributed by atoms with Gasteiger partial charge in [-0.1, -0.05) is 17.7 Å². The van der Waals surface area contributed by atoms with Gasteiger partial charge in [0.2, 0.25) is 5.91 Å². The van der Waals surface area contributed by atoms with Crippen molar-refractivity contribution in [3.8, 4) is 0 Å². The highest BCUT2D eigenvalue weighted by Crippen LogP contribution is 2.26. The summed E-state index contributed by atoms with van der Waals surface area (Å²) < 4.78 is 0. The number of primary amides is 1. The summed E-state index contributed by atoms with van der Waals surface area (Å²) in [6.07, 6.45) is 0. The van der Waals surface area contributed by atoms with E-state index < -0.39 is 16.7 Å². The smallest absolute Gasteiger partial charge is 0.288 e. The van der Waals surface area contributed by atoms with Crippen LogP contribution in [0.25, 0.3) is 0 Å². The molecule has 0 bridgehead atoms. The number of nitrogens with zero attached hydrogens (tertiary/aromatic N) is 1. The van der Waals surface area contributed by atoms with Gasteiger partial charge in [0.15, 0.2) is 0 Å². The second kappa shape index (κ2) is 6.45. The molecule has 3 N–H and O–H groups in total. The second-order valence-electron chi connectivity index (χ2n) is 4.72. The van der Waals surface area contributed by atoms with Crippen LogP contribution in [0.1, 0.15) is 26.3 Å². The minimum Gasteiger partial charge on any atom is -0.366 e. The number of carbonyl (C=O) groups is 2. The number of anilines is 1. The fraction of sp³-hybridized carbons (Fsp3) is 0.0667. The van der Waals surface area contributed by atoms with Gasteiger partial charge in [0, 0.05) is 22.9 Å². The fourth-order valence-electron chi connectivity index (χ4n) is 2.03. The third-order valence-electron chi connectivity index (χ3n) is 3.25. The Kier molecular flexibility index (Phi) is 4.61. The standard InChI is InChI=1S/C15H12ClN3O4/c1-8-10(14(17)20)3-2-4-12(8)18-15(21)9-5-6-11(16)13(7-9)19(22)23/h2-7H,1H3,(H2,17,20)(H,18,21). The van der Waals surface area contributed by atoms with Gasteiger partial charge >= 0.3 is 0 Å². The molecule has 0 aliphatic heterocycles. The summed E-state index contributed by atoms with van der Waals surface area (Å²) >= 11 is 5.71. The Balaban J connectivity index is 2.33. The van der Waals surface area contributed by atoms with Crippen LogP contribution in [-0.2, 0) is 0 Å². The van der Waals surface area contributed by atoms with Crippen molar-refractivity contribution in [1.29, 1.82) is 0 Å². The van der Waals surface area contributed by atoms with E-state index in [1.165, 1.54) is 12.1 Å². The molecule has 2 amide bonds. The van der Waals surface area contributed by atoms with Crippen LogP contribution in [0.4, 0.5) is 11.4 Å². The van der Waals surface area contributed by atoms with Crippen LogP contribution in [0.3, 0.4) is 0 Å². The maximum absolute atomic E-state index is 12.2. The van der Waals surface area contributed by atoms with Crippen molar-refractivity contribution in [2.24, 2.45) is 5.73 Å². The molecular formula is C15H12ClN3O4. The van der Waals surface area contributed by atoms with E-state index in [9.17, 15) is 19.7 Å². The van der Waals surface area contributed by atoms with Crippen LogP contribution in [0.5, 0.6) is 0 Å². The minimum atomic E-state index is -0.669. The molecule has 0 fully saturated rings. The number of nitrogens with one attached hydrogen (secondary N) is 1. The molecule has 0 aliphatic carbocycles. The maximum Gasteiger partial charge on any atom is 0.288 e. The number of nitro benzene ring substituents is 1. The number of rotatable bonds is 4. The highest BCUT2D eigenvalue weighted by Gasteiger charge is 2.17. The third-order valence-corrected chi connectivity index (χ3v) is 3.57. The van der Waals surface area contributed by atoms with Crippen molar-refractivity contribution in [2.45, 2.75) is 6.92 Å². The molecule has 7 nitrogen and oxygen atoms in total. The van der Waals surface area contributed by atoms with Gasteiger partial charge in [0.25, 0.3) is 11.6 Å². The minimum absolute atomic E-state index is 0.0570. The van der Waals surface area contributed by atoms with E-state index in [-0.39, 0.29) is 21.8 Å². The van der Waals surface area contributed by atoms with E-state index in [2.05, 4.69) is 5.32 Å². The zero-order valence-electron chi connectivity index (χ0n) is 12.0. The van der Waals surface area contributed by atoms with Crippen molar-refractivity contribution < 1.29 is 14.5 Å². The molecule has 2 rings (SSSR count). The summed E-state index contributed by atoms with van der Waals surface area (Å²) in [6, 6.07) is 8.46. The molecule has 0 radical (unpaired) electrons. The predicted molar refractivity (Wildman–Crippen MR) is 85.8 cm³/mol. The molecule has 0 unspecified atom stereocenters. The SMILES string of the molecule is Cc1c(NC(=O)c2ccc(Cl)c([N+](=O)[O-])c2)cccc1C(N)=O. The number of benzene rings is 2. The fourth-order valence-corrected chi connectivity index (χ4v) is 2.21. The van der Waals surface area contributed by atoms with Crippen LogP contribution in [-0.4, -0.2) is 16.7 Å². The molecule has 0 atom stereocenters. The Bertz CT molecular complexity index is 820. The lowest BCUT2D eigenvalue weighted by molar-refractivity contribution is -0.384. The van der Waals surface area contributed by atoms with E-state index in [1.54, 1.807) is 25.1 Å². The van der Waals surface area contributed by atoms with Gasteiger partial charge < -0.3 is 11.1 Å². The van der Waals surface area contributed by atoms with E-state index in [1.807, 2.05) is 0 Å². The normalized spacial score (nSPS) is 10.2. The van der Waals surface area contributed by atoms with Crippen LogP contribution in [0.2, 0.25) is 5.02 Å². The van der Waals surface area contributed by atoms with Gasteiger partial charge in [0.05, 0.1) is 4.92 Å². The third kappa shape index (κ3) is 3.46. The largest absolute Gasteiger partial charge is 0.366 e. The molecule has 0 spiro atoms. The molecule has 0 saturated heterocycles. The van der Waals surface area contributed by atoms with Crippen LogP contribution >= 0.6 is 11.6 Å². The first kappa shape index (κ1) is 16.4. The number of nitrogens with two attached hydrogens (primary N) is 1. The molecule has 0 aliphatic rings. The van der Waals surface area contributed by atoms with Gasteiger partial charge in [-0.15, -0.1) is 0 Å². The summed E-state index contributed by atoms with van der Waals surface area (Å²) in [4.78, 5) is 33.7. The zero-order chi connectivity index (χ0) is 17.1. The van der Waals surface area contributed by atoms with E-state index in [4.69, 9.17) is 17.3 Å². The summed E-state index contributed by atoms with van der Waals surface area (Å²) in [5.74, 6) is -1.17. The number of hydrogen-bond acceptors (Lipinski definition) is 4. The highest BCUT2D eigenvalue weighted by atomic mass is 35.5. The maximum atomic E-state index is 12.2. The van der Waals surface area contributed by atoms with Crippen LogP contribution in [0, 0.1) is 17.0 Å². The van der Waals surface area contributed by atoms with E-state index in [0.717, 1.165) is 6.07 Å². The number of halogens is 1. The topological polar surface area (TPSA) is 115 Å². The second-order valence-corrected chi connectivity index (χ2v) is 5.13. The van der Waals surface area contributed by atoms with E-state index >= 15 is 0 Å².